The van der Waals surface area contributed by atoms with Crippen LogP contribution in [0, 0.1) is 5.92 Å². The Labute approximate surface area is 146 Å². The van der Waals surface area contributed by atoms with Gasteiger partial charge in [-0.2, -0.15) is 0 Å². The molecule has 1 aliphatic heterocycles. The van der Waals surface area contributed by atoms with Gasteiger partial charge < -0.3 is 15.0 Å². The van der Waals surface area contributed by atoms with Crippen molar-refractivity contribution < 1.29 is 14.3 Å². The van der Waals surface area contributed by atoms with Gasteiger partial charge in [0.2, 0.25) is 5.91 Å². The van der Waals surface area contributed by atoms with E-state index in [2.05, 4.69) is 10.3 Å². The zero-order chi connectivity index (χ0) is 17.6. The summed E-state index contributed by atoms with van der Waals surface area (Å²) in [5, 5.41) is 2.93. The zero-order valence-corrected chi connectivity index (χ0v) is 14.1. The summed E-state index contributed by atoms with van der Waals surface area (Å²) < 4.78 is 5.16. The molecule has 2 heterocycles. The minimum Gasteiger partial charge on any atom is -0.497 e. The number of piperidine rings is 1. The fourth-order valence-electron chi connectivity index (χ4n) is 2.96. The Hall–Kier alpha value is -2.89. The Morgan fingerprint density at radius 3 is 2.68 bits per heavy atom. The highest BCUT2D eigenvalue weighted by Gasteiger charge is 2.28. The number of amides is 2. The Kier molecular flexibility index (Phi) is 5.28. The molecule has 3 rings (SSSR count). The summed E-state index contributed by atoms with van der Waals surface area (Å²) in [5.41, 5.74) is 1.31. The van der Waals surface area contributed by atoms with Crippen molar-refractivity contribution >= 4 is 17.5 Å². The molecule has 1 N–H and O–H groups in total. The smallest absolute Gasteiger partial charge is 0.255 e. The van der Waals surface area contributed by atoms with Crippen LogP contribution in [-0.2, 0) is 4.79 Å². The lowest BCUT2D eigenvalue weighted by Gasteiger charge is -2.31. The maximum atomic E-state index is 12.4. The monoisotopic (exact) mass is 339 g/mol. The van der Waals surface area contributed by atoms with Gasteiger partial charge in [-0.1, -0.05) is 6.07 Å². The fourth-order valence-corrected chi connectivity index (χ4v) is 2.96. The Morgan fingerprint density at radius 1 is 1.20 bits per heavy atom. The maximum Gasteiger partial charge on any atom is 0.255 e. The normalized spacial score (nSPS) is 14.8. The number of rotatable bonds is 4. The highest BCUT2D eigenvalue weighted by molar-refractivity contribution is 5.95. The van der Waals surface area contributed by atoms with Gasteiger partial charge in [-0.3, -0.25) is 14.6 Å². The molecule has 0 saturated carbocycles. The highest BCUT2D eigenvalue weighted by atomic mass is 16.5. The number of likely N-dealkylation sites (tertiary alicyclic amines) is 1. The van der Waals surface area contributed by atoms with E-state index < -0.39 is 0 Å². The summed E-state index contributed by atoms with van der Waals surface area (Å²) in [7, 11) is 1.59. The van der Waals surface area contributed by atoms with Crippen LogP contribution in [0.5, 0.6) is 5.75 Å². The number of carbonyl (C=O) groups is 2. The van der Waals surface area contributed by atoms with Gasteiger partial charge in [0, 0.05) is 43.2 Å². The highest BCUT2D eigenvalue weighted by Crippen LogP contribution is 2.22. The average Bonchev–Trinajstić information content (AvgIpc) is 2.68. The third-order valence-electron chi connectivity index (χ3n) is 4.40. The second-order valence-corrected chi connectivity index (χ2v) is 6.03. The topological polar surface area (TPSA) is 71.5 Å². The lowest BCUT2D eigenvalue weighted by atomic mass is 9.95. The van der Waals surface area contributed by atoms with Crippen molar-refractivity contribution in [2.75, 3.05) is 25.5 Å². The molecule has 0 unspecified atom stereocenters. The lowest BCUT2D eigenvalue weighted by Crippen LogP contribution is -2.41. The largest absolute Gasteiger partial charge is 0.497 e. The maximum absolute atomic E-state index is 12.4. The number of ether oxygens (including phenoxy) is 1. The third kappa shape index (κ3) is 4.15. The van der Waals surface area contributed by atoms with Crippen molar-refractivity contribution in [3.8, 4) is 5.75 Å². The minimum atomic E-state index is -0.0934. The number of methoxy groups -OCH3 is 1. The molecule has 2 aromatic rings. The number of anilines is 1. The van der Waals surface area contributed by atoms with Crippen molar-refractivity contribution in [2.24, 2.45) is 5.92 Å². The first-order chi connectivity index (χ1) is 12.2. The third-order valence-corrected chi connectivity index (χ3v) is 4.40. The first kappa shape index (κ1) is 17.0. The van der Waals surface area contributed by atoms with Crippen LogP contribution < -0.4 is 10.1 Å². The van der Waals surface area contributed by atoms with Crippen LogP contribution in [0.2, 0.25) is 0 Å². The predicted octanol–water partition coefficient (Wildman–Crippen LogP) is 2.58. The molecular weight excluding hydrogens is 318 g/mol. The molecule has 1 aromatic heterocycles. The summed E-state index contributed by atoms with van der Waals surface area (Å²) >= 11 is 0. The SMILES string of the molecule is COc1cccc(NC(=O)C2CCN(C(=O)c3cccnc3)CC2)c1. The van der Waals surface area contributed by atoms with E-state index in [4.69, 9.17) is 4.74 Å². The number of hydrogen-bond acceptors (Lipinski definition) is 4. The number of aromatic nitrogens is 1. The molecular formula is C19H21N3O3. The predicted molar refractivity (Wildman–Crippen MR) is 94.5 cm³/mol. The van der Waals surface area contributed by atoms with Gasteiger partial charge in [0.05, 0.1) is 12.7 Å². The Balaban J connectivity index is 1.55. The summed E-state index contributed by atoms with van der Waals surface area (Å²) in [6.45, 7) is 1.15. The van der Waals surface area contributed by atoms with Crippen molar-refractivity contribution in [3.05, 3.63) is 54.4 Å². The zero-order valence-electron chi connectivity index (χ0n) is 14.1. The van der Waals surface area contributed by atoms with Gasteiger partial charge in [-0.05, 0) is 37.1 Å². The molecule has 0 aliphatic carbocycles. The summed E-state index contributed by atoms with van der Waals surface area (Å²) in [4.78, 5) is 30.6. The first-order valence-corrected chi connectivity index (χ1v) is 8.31. The molecule has 1 fully saturated rings. The molecule has 0 atom stereocenters. The standard InChI is InChI=1S/C19H21N3O3/c1-25-17-6-2-5-16(12-17)21-18(23)14-7-10-22(11-8-14)19(24)15-4-3-9-20-13-15/h2-6,9,12-14H,7-8,10-11H2,1H3,(H,21,23). The van der Waals surface area contributed by atoms with Crippen LogP contribution in [0.4, 0.5) is 5.69 Å². The fraction of sp³-hybridized carbons (Fsp3) is 0.316. The van der Waals surface area contributed by atoms with E-state index in [-0.39, 0.29) is 17.7 Å². The minimum absolute atomic E-state index is 0.0123. The van der Waals surface area contributed by atoms with Crippen LogP contribution in [0.1, 0.15) is 23.2 Å². The van der Waals surface area contributed by atoms with E-state index in [0.29, 0.717) is 37.2 Å². The van der Waals surface area contributed by atoms with Crippen LogP contribution in [0.3, 0.4) is 0 Å². The second-order valence-electron chi connectivity index (χ2n) is 6.03. The second kappa shape index (κ2) is 7.79. The average molecular weight is 339 g/mol. The molecule has 1 aromatic carbocycles. The van der Waals surface area contributed by atoms with E-state index in [1.807, 2.05) is 18.2 Å². The number of nitrogens with one attached hydrogen (secondary N) is 1. The lowest BCUT2D eigenvalue weighted by molar-refractivity contribution is -0.121. The van der Waals surface area contributed by atoms with Crippen molar-refractivity contribution in [1.29, 1.82) is 0 Å². The van der Waals surface area contributed by atoms with E-state index in [1.165, 1.54) is 0 Å². The Bertz CT molecular complexity index is 741. The molecule has 25 heavy (non-hydrogen) atoms. The van der Waals surface area contributed by atoms with E-state index in [0.717, 1.165) is 5.69 Å². The number of carbonyl (C=O) groups excluding carboxylic acids is 2. The molecule has 6 nitrogen and oxygen atoms in total. The number of benzene rings is 1. The van der Waals surface area contributed by atoms with Crippen LogP contribution >= 0.6 is 0 Å². The van der Waals surface area contributed by atoms with Crippen molar-refractivity contribution in [3.63, 3.8) is 0 Å². The number of pyridine rings is 1. The Morgan fingerprint density at radius 2 is 2.00 bits per heavy atom. The van der Waals surface area contributed by atoms with Gasteiger partial charge in [0.1, 0.15) is 5.75 Å². The quantitative estimate of drug-likeness (QED) is 0.929. The van der Waals surface area contributed by atoms with Crippen LogP contribution in [0.15, 0.2) is 48.8 Å². The molecule has 0 bridgehead atoms. The summed E-state index contributed by atoms with van der Waals surface area (Å²) in [6.07, 6.45) is 4.53. The van der Waals surface area contributed by atoms with Gasteiger partial charge in [0.25, 0.3) is 5.91 Å². The van der Waals surface area contributed by atoms with Gasteiger partial charge in [-0.15, -0.1) is 0 Å². The van der Waals surface area contributed by atoms with E-state index >= 15 is 0 Å². The van der Waals surface area contributed by atoms with Crippen LogP contribution in [0.25, 0.3) is 0 Å². The summed E-state index contributed by atoms with van der Waals surface area (Å²) in [5.74, 6) is 0.570. The van der Waals surface area contributed by atoms with Crippen LogP contribution in [-0.4, -0.2) is 41.9 Å². The van der Waals surface area contributed by atoms with Crippen molar-refractivity contribution in [1.82, 2.24) is 9.88 Å². The van der Waals surface area contributed by atoms with Gasteiger partial charge in [-0.25, -0.2) is 0 Å². The van der Waals surface area contributed by atoms with Gasteiger partial charge in [0.15, 0.2) is 0 Å². The molecule has 130 valence electrons. The number of nitrogens with zero attached hydrogens (tertiary/aromatic N) is 2. The van der Waals surface area contributed by atoms with E-state index in [1.54, 1.807) is 42.6 Å². The summed E-state index contributed by atoms with van der Waals surface area (Å²) in [6, 6.07) is 10.8. The molecule has 2 amide bonds. The van der Waals surface area contributed by atoms with Gasteiger partial charge >= 0.3 is 0 Å². The molecule has 1 aliphatic rings. The number of hydrogen-bond donors (Lipinski definition) is 1. The van der Waals surface area contributed by atoms with Crippen molar-refractivity contribution in [2.45, 2.75) is 12.8 Å². The first-order valence-electron chi connectivity index (χ1n) is 8.31. The molecule has 0 spiro atoms. The molecule has 0 radical (unpaired) electrons. The molecule has 1 saturated heterocycles. The van der Waals surface area contributed by atoms with E-state index in [9.17, 15) is 9.59 Å². The molecule has 6 heteroatoms.